The number of thioether (sulfide) groups is 1. The lowest BCUT2D eigenvalue weighted by Crippen LogP contribution is -2.30. The molecule has 1 aliphatic heterocycles. The van der Waals surface area contributed by atoms with Crippen LogP contribution in [-0.4, -0.2) is 22.9 Å². The molecule has 26 heavy (non-hydrogen) atoms. The van der Waals surface area contributed by atoms with Gasteiger partial charge in [0.15, 0.2) is 5.17 Å². The first kappa shape index (κ1) is 17.1. The Kier molecular flexibility index (Phi) is 4.93. The first-order valence-corrected chi connectivity index (χ1v) is 10.1. The zero-order valence-electron chi connectivity index (χ0n) is 14.9. The third-order valence-electron chi connectivity index (χ3n) is 4.84. The quantitative estimate of drug-likeness (QED) is 0.764. The smallest absolute Gasteiger partial charge is 0.243 e. The number of aliphatic imine (C=N–C) groups is 1. The van der Waals surface area contributed by atoms with Crippen LogP contribution in [-0.2, 0) is 4.79 Å². The summed E-state index contributed by atoms with van der Waals surface area (Å²) >= 11 is 1.55. The fraction of sp³-hybridized carbons (Fsp3) is 0.273. The normalized spacial score (nSPS) is 22.0. The van der Waals surface area contributed by atoms with Crippen molar-refractivity contribution in [2.75, 3.05) is 10.7 Å². The van der Waals surface area contributed by atoms with Crippen molar-refractivity contribution in [1.29, 1.82) is 0 Å². The molecule has 0 saturated carbocycles. The van der Waals surface area contributed by atoms with Crippen molar-refractivity contribution in [3.05, 3.63) is 71.8 Å². The van der Waals surface area contributed by atoms with Gasteiger partial charge in [0.05, 0.1) is 17.5 Å². The summed E-state index contributed by atoms with van der Waals surface area (Å²) in [6.07, 6.45) is 5.58. The maximum Gasteiger partial charge on any atom is 0.243 e. The van der Waals surface area contributed by atoms with Crippen LogP contribution in [0.5, 0.6) is 0 Å². The number of benzene rings is 2. The molecule has 2 aromatic carbocycles. The van der Waals surface area contributed by atoms with Gasteiger partial charge in [0, 0.05) is 0 Å². The molecule has 0 aromatic heterocycles. The van der Waals surface area contributed by atoms with Crippen molar-refractivity contribution < 1.29 is 4.79 Å². The lowest BCUT2D eigenvalue weighted by atomic mass is 9.89. The summed E-state index contributed by atoms with van der Waals surface area (Å²) in [5.41, 5.74) is 4.62. The maximum atomic E-state index is 12.5. The summed E-state index contributed by atoms with van der Waals surface area (Å²) in [7, 11) is 0. The van der Waals surface area contributed by atoms with Crippen LogP contribution in [0.1, 0.15) is 30.4 Å². The Bertz CT molecular complexity index is 855. The minimum absolute atomic E-state index is 0.110. The Balaban J connectivity index is 1.67. The number of hydrogen-bond acceptors (Lipinski definition) is 3. The summed E-state index contributed by atoms with van der Waals surface area (Å²) in [6.45, 7) is 2.05. The number of amides is 1. The van der Waals surface area contributed by atoms with Gasteiger partial charge in [-0.2, -0.15) is 0 Å². The third-order valence-corrected chi connectivity index (χ3v) is 5.77. The van der Waals surface area contributed by atoms with Crippen molar-refractivity contribution in [2.24, 2.45) is 4.99 Å². The maximum absolute atomic E-state index is 12.5. The number of aryl methyl sites for hydroxylation is 1. The number of rotatable bonds is 3. The van der Waals surface area contributed by atoms with E-state index in [0.29, 0.717) is 5.75 Å². The molecule has 3 nitrogen and oxygen atoms in total. The molecule has 4 rings (SSSR count). The Morgan fingerprint density at radius 1 is 1.08 bits per heavy atom. The van der Waals surface area contributed by atoms with E-state index in [0.717, 1.165) is 30.1 Å². The summed E-state index contributed by atoms with van der Waals surface area (Å²) in [5, 5.41) is 0.826. The molecule has 0 bridgehead atoms. The molecule has 0 spiro atoms. The number of anilines is 1. The molecule has 0 radical (unpaired) electrons. The van der Waals surface area contributed by atoms with Crippen molar-refractivity contribution in [3.8, 4) is 0 Å². The second kappa shape index (κ2) is 7.50. The Morgan fingerprint density at radius 3 is 2.62 bits per heavy atom. The molecule has 1 aliphatic carbocycles. The van der Waals surface area contributed by atoms with Crippen LogP contribution in [0, 0.1) is 6.92 Å². The largest absolute Gasteiger partial charge is 0.273 e. The van der Waals surface area contributed by atoms with Crippen LogP contribution in [0.3, 0.4) is 0 Å². The average molecular weight is 362 g/mol. The highest BCUT2D eigenvalue weighted by Crippen LogP contribution is 2.33. The molecule has 132 valence electrons. The lowest BCUT2D eigenvalue weighted by molar-refractivity contribution is -0.115. The molecule has 4 heteroatoms. The third kappa shape index (κ3) is 3.47. The van der Waals surface area contributed by atoms with E-state index in [2.05, 4.69) is 37.3 Å². The van der Waals surface area contributed by atoms with Crippen molar-refractivity contribution >= 4 is 34.1 Å². The summed E-state index contributed by atoms with van der Waals surface area (Å²) in [6, 6.07) is 18.7. The number of allylic oxidation sites excluding steroid dienone is 1. The van der Waals surface area contributed by atoms with E-state index < -0.39 is 0 Å². The molecule has 2 aromatic rings. The molecule has 0 N–H and O–H groups in total. The molecular formula is C22H22N2OS. The van der Waals surface area contributed by atoms with Crippen molar-refractivity contribution in [1.82, 2.24) is 0 Å². The van der Waals surface area contributed by atoms with Gasteiger partial charge in [-0.15, -0.1) is 0 Å². The zero-order valence-corrected chi connectivity index (χ0v) is 15.7. The molecule has 1 amide bonds. The van der Waals surface area contributed by atoms with E-state index in [4.69, 9.17) is 4.99 Å². The highest BCUT2D eigenvalue weighted by Gasteiger charge is 2.31. The van der Waals surface area contributed by atoms with Crippen LogP contribution < -0.4 is 4.90 Å². The predicted octanol–water partition coefficient (Wildman–Crippen LogP) is 5.07. The van der Waals surface area contributed by atoms with Crippen LogP contribution in [0.4, 0.5) is 5.69 Å². The fourth-order valence-electron chi connectivity index (χ4n) is 3.47. The Hall–Kier alpha value is -2.33. The molecule has 1 saturated heterocycles. The van der Waals surface area contributed by atoms with E-state index in [1.54, 1.807) is 16.7 Å². The number of amidine groups is 1. The molecule has 0 unspecified atom stereocenters. The van der Waals surface area contributed by atoms with Crippen LogP contribution in [0.15, 0.2) is 65.7 Å². The van der Waals surface area contributed by atoms with E-state index in [9.17, 15) is 4.79 Å². The van der Waals surface area contributed by atoms with Gasteiger partial charge in [-0.3, -0.25) is 14.7 Å². The highest BCUT2D eigenvalue weighted by molar-refractivity contribution is 8.15. The lowest BCUT2D eigenvalue weighted by Gasteiger charge is -2.24. The summed E-state index contributed by atoms with van der Waals surface area (Å²) in [5.74, 6) is 0.572. The topological polar surface area (TPSA) is 32.7 Å². The van der Waals surface area contributed by atoms with Gasteiger partial charge in [-0.25, -0.2) is 0 Å². The monoisotopic (exact) mass is 362 g/mol. The van der Waals surface area contributed by atoms with Gasteiger partial charge in [0.1, 0.15) is 0 Å². The average Bonchev–Trinajstić information content (AvgIpc) is 3.04. The van der Waals surface area contributed by atoms with Gasteiger partial charge in [0.2, 0.25) is 5.91 Å². The molecular weight excluding hydrogens is 340 g/mol. The van der Waals surface area contributed by atoms with Crippen molar-refractivity contribution in [2.45, 2.75) is 32.2 Å². The van der Waals surface area contributed by atoms with E-state index in [1.807, 2.05) is 30.3 Å². The first-order valence-electron chi connectivity index (χ1n) is 9.08. The van der Waals surface area contributed by atoms with Gasteiger partial charge in [-0.1, -0.05) is 65.9 Å². The Morgan fingerprint density at radius 2 is 1.85 bits per heavy atom. The zero-order chi connectivity index (χ0) is 17.9. The number of carbonyl (C=O) groups excluding carboxylic acids is 1. The van der Waals surface area contributed by atoms with Gasteiger partial charge in [0.25, 0.3) is 0 Å². The molecule has 1 heterocycles. The summed E-state index contributed by atoms with van der Waals surface area (Å²) in [4.78, 5) is 19.3. The van der Waals surface area contributed by atoms with Crippen LogP contribution >= 0.6 is 11.8 Å². The van der Waals surface area contributed by atoms with Crippen LogP contribution in [0.2, 0.25) is 0 Å². The second-order valence-corrected chi connectivity index (χ2v) is 7.68. The number of carbonyl (C=O) groups is 1. The standard InChI is InChI=1S/C22H22N2OS/c1-16-11-13-18(14-12-16)24-21(25)15-26-22(24)23-20-10-6-5-9-19(20)17-7-3-2-4-8-17/h2-4,7-9,11-14,20H,5-6,10,15H2,1H3/t20-/m0/s1. The highest BCUT2D eigenvalue weighted by atomic mass is 32.2. The summed E-state index contributed by atoms with van der Waals surface area (Å²) < 4.78 is 0. The molecule has 1 fully saturated rings. The minimum Gasteiger partial charge on any atom is -0.273 e. The predicted molar refractivity (Wildman–Crippen MR) is 111 cm³/mol. The number of nitrogens with zero attached hydrogens (tertiary/aromatic N) is 2. The van der Waals surface area contributed by atoms with Crippen LogP contribution in [0.25, 0.3) is 5.57 Å². The Labute approximate surface area is 158 Å². The fourth-order valence-corrected chi connectivity index (χ4v) is 4.39. The number of hydrogen-bond donors (Lipinski definition) is 0. The first-order chi connectivity index (χ1) is 12.7. The molecule has 2 aliphatic rings. The van der Waals surface area contributed by atoms with E-state index in [1.165, 1.54) is 16.7 Å². The minimum atomic E-state index is 0.110. The van der Waals surface area contributed by atoms with E-state index in [-0.39, 0.29) is 11.9 Å². The molecule has 1 atom stereocenters. The SMILES string of the molecule is Cc1ccc(N2C(=O)CSC2=N[C@H]2CCCC=C2c2ccccc2)cc1. The van der Waals surface area contributed by atoms with Gasteiger partial charge in [-0.05, 0) is 49.5 Å². The van der Waals surface area contributed by atoms with Gasteiger partial charge < -0.3 is 0 Å². The van der Waals surface area contributed by atoms with E-state index >= 15 is 0 Å². The van der Waals surface area contributed by atoms with Gasteiger partial charge >= 0.3 is 0 Å². The second-order valence-electron chi connectivity index (χ2n) is 6.74. The van der Waals surface area contributed by atoms with Crippen molar-refractivity contribution in [3.63, 3.8) is 0 Å².